The van der Waals surface area contributed by atoms with Crippen LogP contribution in [0.15, 0.2) is 65.4 Å². The number of nitrogens with zero attached hydrogens (tertiary/aromatic N) is 3. The molecule has 3 aromatic rings. The first kappa shape index (κ1) is 18.4. The van der Waals surface area contributed by atoms with E-state index in [0.717, 1.165) is 10.0 Å². The fourth-order valence-electron chi connectivity index (χ4n) is 2.33. The lowest BCUT2D eigenvalue weighted by molar-refractivity contribution is 0.0781. The minimum atomic E-state index is -0.196. The largest absolute Gasteiger partial charge is 0.438 e. The van der Waals surface area contributed by atoms with Gasteiger partial charge in [0.25, 0.3) is 5.91 Å². The molecule has 5 nitrogen and oxygen atoms in total. The Hall–Kier alpha value is -2.44. The number of benzene rings is 1. The highest BCUT2D eigenvalue weighted by Gasteiger charge is 2.18. The van der Waals surface area contributed by atoms with E-state index in [-0.39, 0.29) is 11.8 Å². The van der Waals surface area contributed by atoms with Gasteiger partial charge in [-0.05, 0) is 42.0 Å². The van der Waals surface area contributed by atoms with E-state index in [2.05, 4.69) is 25.9 Å². The average Bonchev–Trinajstić information content (AvgIpc) is 2.63. The third-order valence-corrected chi connectivity index (χ3v) is 4.28. The lowest BCUT2D eigenvalue weighted by Gasteiger charge is -2.18. The molecule has 1 aromatic carbocycles. The second-order valence-electron chi connectivity index (χ2n) is 5.57. The van der Waals surface area contributed by atoms with E-state index in [1.165, 1.54) is 0 Å². The van der Waals surface area contributed by atoms with Gasteiger partial charge >= 0.3 is 0 Å². The lowest BCUT2D eigenvalue weighted by atomic mass is 10.2. The SMILES string of the molecule is CN(Cc1ccc(Cl)nc1)C(=O)c1cccnc1Oc1cccc(Br)c1. The zero-order valence-corrected chi connectivity index (χ0v) is 16.2. The van der Waals surface area contributed by atoms with Gasteiger partial charge in [-0.3, -0.25) is 4.79 Å². The number of carbonyl (C=O) groups is 1. The van der Waals surface area contributed by atoms with Gasteiger partial charge in [0, 0.05) is 30.5 Å². The molecule has 0 atom stereocenters. The molecule has 132 valence electrons. The number of hydrogen-bond acceptors (Lipinski definition) is 4. The summed E-state index contributed by atoms with van der Waals surface area (Å²) in [6, 6.07) is 14.3. The fraction of sp³-hybridized carbons (Fsp3) is 0.105. The molecule has 2 heterocycles. The molecule has 0 aliphatic rings. The van der Waals surface area contributed by atoms with Crippen LogP contribution in [0.2, 0.25) is 5.15 Å². The second-order valence-corrected chi connectivity index (χ2v) is 6.87. The van der Waals surface area contributed by atoms with Crippen LogP contribution in [-0.4, -0.2) is 27.8 Å². The molecule has 0 radical (unpaired) electrons. The minimum Gasteiger partial charge on any atom is -0.438 e. The summed E-state index contributed by atoms with van der Waals surface area (Å²) >= 11 is 9.19. The summed E-state index contributed by atoms with van der Waals surface area (Å²) in [7, 11) is 1.72. The number of carbonyl (C=O) groups excluding carboxylic acids is 1. The summed E-state index contributed by atoms with van der Waals surface area (Å²) in [5, 5.41) is 0.416. The monoisotopic (exact) mass is 431 g/mol. The Morgan fingerprint density at radius 1 is 1.19 bits per heavy atom. The lowest BCUT2D eigenvalue weighted by Crippen LogP contribution is -2.26. The van der Waals surface area contributed by atoms with Crippen LogP contribution in [0.3, 0.4) is 0 Å². The molecule has 0 N–H and O–H groups in total. The molecule has 0 spiro atoms. The van der Waals surface area contributed by atoms with Gasteiger partial charge in [-0.1, -0.05) is 39.7 Å². The zero-order valence-electron chi connectivity index (χ0n) is 13.9. The summed E-state index contributed by atoms with van der Waals surface area (Å²) in [4.78, 5) is 22.7. The quantitative estimate of drug-likeness (QED) is 0.535. The number of amides is 1. The van der Waals surface area contributed by atoms with E-state index in [0.29, 0.717) is 23.0 Å². The van der Waals surface area contributed by atoms with Crippen LogP contribution >= 0.6 is 27.5 Å². The molecule has 0 saturated carbocycles. The first-order chi connectivity index (χ1) is 12.5. The van der Waals surface area contributed by atoms with Gasteiger partial charge in [0.05, 0.1) is 0 Å². The van der Waals surface area contributed by atoms with Gasteiger partial charge in [-0.2, -0.15) is 0 Å². The molecule has 2 aromatic heterocycles. The molecule has 0 bridgehead atoms. The predicted molar refractivity (Wildman–Crippen MR) is 103 cm³/mol. The van der Waals surface area contributed by atoms with Gasteiger partial charge < -0.3 is 9.64 Å². The highest BCUT2D eigenvalue weighted by molar-refractivity contribution is 9.10. The number of pyridine rings is 2. The zero-order chi connectivity index (χ0) is 18.5. The highest BCUT2D eigenvalue weighted by Crippen LogP contribution is 2.26. The number of aromatic nitrogens is 2. The molecule has 3 rings (SSSR count). The summed E-state index contributed by atoms with van der Waals surface area (Å²) in [6.07, 6.45) is 3.24. The maximum Gasteiger partial charge on any atom is 0.259 e. The van der Waals surface area contributed by atoms with E-state index >= 15 is 0 Å². The van der Waals surface area contributed by atoms with Crippen molar-refractivity contribution in [3.63, 3.8) is 0 Å². The van der Waals surface area contributed by atoms with Crippen LogP contribution in [0.5, 0.6) is 11.6 Å². The van der Waals surface area contributed by atoms with Gasteiger partial charge in [0.15, 0.2) is 0 Å². The third kappa shape index (κ3) is 4.59. The number of rotatable bonds is 5. The van der Waals surface area contributed by atoms with E-state index < -0.39 is 0 Å². The molecular weight excluding hydrogens is 418 g/mol. The van der Waals surface area contributed by atoms with E-state index in [4.69, 9.17) is 16.3 Å². The molecule has 0 unspecified atom stereocenters. The third-order valence-electron chi connectivity index (χ3n) is 3.57. The van der Waals surface area contributed by atoms with Crippen molar-refractivity contribution in [1.82, 2.24) is 14.9 Å². The summed E-state index contributed by atoms with van der Waals surface area (Å²) in [5.74, 6) is 0.659. The van der Waals surface area contributed by atoms with Crippen molar-refractivity contribution in [3.8, 4) is 11.6 Å². The Morgan fingerprint density at radius 3 is 2.77 bits per heavy atom. The summed E-state index contributed by atoms with van der Waals surface area (Å²) < 4.78 is 6.69. The first-order valence-corrected chi connectivity index (χ1v) is 8.94. The Kier molecular flexibility index (Phi) is 5.85. The number of ether oxygens (including phenoxy) is 1. The summed E-state index contributed by atoms with van der Waals surface area (Å²) in [6.45, 7) is 0.397. The van der Waals surface area contributed by atoms with Crippen molar-refractivity contribution in [2.24, 2.45) is 0 Å². The van der Waals surface area contributed by atoms with Crippen LogP contribution in [0.25, 0.3) is 0 Å². The van der Waals surface area contributed by atoms with Crippen LogP contribution in [0.1, 0.15) is 15.9 Å². The van der Waals surface area contributed by atoms with Crippen molar-refractivity contribution in [1.29, 1.82) is 0 Å². The molecule has 1 amide bonds. The van der Waals surface area contributed by atoms with Crippen molar-refractivity contribution in [2.75, 3.05) is 7.05 Å². The Labute approximate surface area is 164 Å². The van der Waals surface area contributed by atoms with Gasteiger partial charge in [0.1, 0.15) is 16.5 Å². The number of hydrogen-bond donors (Lipinski definition) is 0. The maximum atomic E-state index is 12.8. The van der Waals surface area contributed by atoms with Crippen LogP contribution in [0.4, 0.5) is 0 Å². The summed E-state index contributed by atoms with van der Waals surface area (Å²) in [5.41, 5.74) is 1.26. The molecule has 7 heteroatoms. The van der Waals surface area contributed by atoms with Crippen LogP contribution in [-0.2, 0) is 6.54 Å². The van der Waals surface area contributed by atoms with Gasteiger partial charge in [-0.25, -0.2) is 9.97 Å². The number of halogens is 2. The normalized spacial score (nSPS) is 10.4. The van der Waals surface area contributed by atoms with E-state index in [9.17, 15) is 4.79 Å². The minimum absolute atomic E-state index is 0.196. The molecule has 26 heavy (non-hydrogen) atoms. The van der Waals surface area contributed by atoms with Crippen molar-refractivity contribution in [3.05, 3.63) is 81.7 Å². The Morgan fingerprint density at radius 2 is 2.04 bits per heavy atom. The first-order valence-electron chi connectivity index (χ1n) is 7.77. The van der Waals surface area contributed by atoms with Crippen molar-refractivity contribution >= 4 is 33.4 Å². The Balaban J connectivity index is 1.79. The molecule has 0 aliphatic heterocycles. The Bertz CT molecular complexity index is 919. The predicted octanol–water partition coefficient (Wildman–Crippen LogP) is 4.96. The fourth-order valence-corrected chi connectivity index (χ4v) is 2.82. The average molecular weight is 433 g/mol. The van der Waals surface area contributed by atoms with Crippen molar-refractivity contribution < 1.29 is 9.53 Å². The standard InChI is InChI=1S/C19H15BrClN3O2/c1-24(12-13-7-8-17(21)23-11-13)19(25)16-6-3-9-22-18(16)26-15-5-2-4-14(20)10-15/h2-11H,12H2,1H3. The van der Waals surface area contributed by atoms with Crippen LogP contribution in [0, 0.1) is 0 Å². The molecular formula is C19H15BrClN3O2. The molecule has 0 aliphatic carbocycles. The van der Waals surface area contributed by atoms with E-state index in [1.807, 2.05) is 24.3 Å². The van der Waals surface area contributed by atoms with Gasteiger partial charge in [0.2, 0.25) is 5.88 Å². The molecule has 0 fully saturated rings. The van der Waals surface area contributed by atoms with Crippen molar-refractivity contribution in [2.45, 2.75) is 6.54 Å². The smallest absolute Gasteiger partial charge is 0.259 e. The van der Waals surface area contributed by atoms with E-state index in [1.54, 1.807) is 48.6 Å². The molecule has 0 saturated heterocycles. The van der Waals surface area contributed by atoms with Crippen LogP contribution < -0.4 is 4.74 Å². The second kappa shape index (κ2) is 8.29. The van der Waals surface area contributed by atoms with Gasteiger partial charge in [-0.15, -0.1) is 0 Å². The topological polar surface area (TPSA) is 55.3 Å². The maximum absolute atomic E-state index is 12.8. The highest BCUT2D eigenvalue weighted by atomic mass is 79.9.